The molecule has 2 atom stereocenters. The van der Waals surface area contributed by atoms with Crippen molar-refractivity contribution in [2.45, 2.75) is 45.0 Å². The maximum atomic E-state index is 14.0. The van der Waals surface area contributed by atoms with Crippen LogP contribution in [0.3, 0.4) is 0 Å². The third kappa shape index (κ3) is 3.17. The van der Waals surface area contributed by atoms with Crippen LogP contribution in [0.25, 0.3) is 10.6 Å². The van der Waals surface area contributed by atoms with E-state index in [4.69, 9.17) is 4.74 Å². The van der Waals surface area contributed by atoms with Crippen molar-refractivity contribution in [3.05, 3.63) is 62.5 Å². The molecular weight excluding hydrogens is 466 g/mol. The molecule has 34 heavy (non-hydrogen) atoms. The summed E-state index contributed by atoms with van der Waals surface area (Å²) in [6.07, 6.45) is 3.06. The van der Waals surface area contributed by atoms with Crippen LogP contribution in [-0.4, -0.2) is 49.6 Å². The van der Waals surface area contributed by atoms with Crippen molar-refractivity contribution >= 4 is 17.2 Å². The predicted octanol–water partition coefficient (Wildman–Crippen LogP) is 2.92. The zero-order chi connectivity index (χ0) is 23.8. The number of halogens is 2. The number of carbonyl (C=O) groups is 1. The Morgan fingerprint density at radius 2 is 2.06 bits per heavy atom. The average molecular weight is 487 g/mol. The zero-order valence-corrected chi connectivity index (χ0v) is 18.9. The molecule has 2 fully saturated rings. The fourth-order valence-corrected chi connectivity index (χ4v) is 5.77. The summed E-state index contributed by atoms with van der Waals surface area (Å²) in [4.78, 5) is 27.9. The Hall–Kier alpha value is -3.18. The number of nitrogens with zero attached hydrogens (tertiary/aromatic N) is 4. The van der Waals surface area contributed by atoms with Gasteiger partial charge in [0.25, 0.3) is 5.91 Å². The lowest BCUT2D eigenvalue weighted by Gasteiger charge is -2.48. The number of ether oxygens (including phenoxy) is 1. The lowest BCUT2D eigenvalue weighted by atomic mass is 9.93. The number of pyridine rings is 1. The Kier molecular flexibility index (Phi) is 4.65. The minimum absolute atomic E-state index is 0.0306. The summed E-state index contributed by atoms with van der Waals surface area (Å²) in [5.41, 5.74) is -0.473. The van der Waals surface area contributed by atoms with Gasteiger partial charge in [-0.25, -0.2) is 8.78 Å². The van der Waals surface area contributed by atoms with Gasteiger partial charge in [-0.1, -0.05) is 17.4 Å². The number of aromatic nitrogens is 3. The van der Waals surface area contributed by atoms with Crippen LogP contribution in [0.2, 0.25) is 0 Å². The topological polar surface area (TPSA) is 97.5 Å². The van der Waals surface area contributed by atoms with E-state index >= 15 is 0 Å². The zero-order valence-electron chi connectivity index (χ0n) is 18.1. The summed E-state index contributed by atoms with van der Waals surface area (Å²) in [5.74, 6) is -2.43. The van der Waals surface area contributed by atoms with E-state index in [1.165, 1.54) is 16.8 Å². The van der Waals surface area contributed by atoms with Gasteiger partial charge in [-0.15, -0.1) is 10.2 Å². The van der Waals surface area contributed by atoms with E-state index in [0.29, 0.717) is 11.6 Å². The number of rotatable bonds is 3. The molecule has 1 N–H and O–H groups in total. The third-order valence-corrected chi connectivity index (χ3v) is 8.13. The molecule has 1 aromatic carbocycles. The molecule has 1 aliphatic carbocycles. The highest BCUT2D eigenvalue weighted by Gasteiger charge is 2.57. The number of carbonyl (C=O) groups excluding carboxylic acids is 1. The number of benzene rings is 1. The molecule has 11 heteroatoms. The third-order valence-electron chi connectivity index (χ3n) is 7.17. The van der Waals surface area contributed by atoms with Gasteiger partial charge in [-0.05, 0) is 31.4 Å². The molecule has 2 aromatic heterocycles. The molecule has 1 saturated heterocycles. The van der Waals surface area contributed by atoms with Crippen molar-refractivity contribution in [3.63, 3.8) is 0 Å². The van der Waals surface area contributed by atoms with Crippen molar-refractivity contribution in [1.29, 1.82) is 0 Å². The summed E-state index contributed by atoms with van der Waals surface area (Å²) in [5, 5.41) is 19.5. The largest absolute Gasteiger partial charge is 0.503 e. The van der Waals surface area contributed by atoms with Crippen molar-refractivity contribution in [1.82, 2.24) is 19.7 Å². The fraction of sp³-hybridized carbons (Fsp3) is 0.391. The quantitative estimate of drug-likeness (QED) is 0.612. The molecule has 3 aromatic rings. The van der Waals surface area contributed by atoms with Crippen LogP contribution in [0.4, 0.5) is 8.78 Å². The highest BCUT2D eigenvalue weighted by Crippen LogP contribution is 2.54. The van der Waals surface area contributed by atoms with Crippen LogP contribution in [-0.2, 0) is 17.7 Å². The first-order valence-corrected chi connectivity index (χ1v) is 11.8. The van der Waals surface area contributed by atoms with E-state index in [1.807, 2.05) is 6.92 Å². The number of aromatic hydroxyl groups is 1. The van der Waals surface area contributed by atoms with Gasteiger partial charge in [0.1, 0.15) is 16.6 Å². The minimum Gasteiger partial charge on any atom is -0.503 e. The number of hydrogen-bond donors (Lipinski definition) is 1. The first kappa shape index (κ1) is 21.4. The van der Waals surface area contributed by atoms with E-state index in [9.17, 15) is 23.5 Å². The Morgan fingerprint density at radius 1 is 1.26 bits per heavy atom. The van der Waals surface area contributed by atoms with Gasteiger partial charge in [0, 0.05) is 30.1 Å². The lowest BCUT2D eigenvalue weighted by molar-refractivity contribution is -0.145. The normalized spacial score (nSPS) is 22.6. The molecule has 1 saturated carbocycles. The first-order chi connectivity index (χ1) is 16.3. The van der Waals surface area contributed by atoms with Crippen LogP contribution < -0.4 is 5.43 Å². The molecule has 0 radical (unpaired) electrons. The second kappa shape index (κ2) is 7.41. The van der Waals surface area contributed by atoms with Crippen molar-refractivity contribution in [2.24, 2.45) is 5.41 Å². The SMILES string of the molecule is C[C@H]1N2C(=O)c3c(O)c(=O)c(-c4nnc(Cc5ccc(F)cc5F)s4)cn3C[C@@H]2OCC12CC2. The highest BCUT2D eigenvalue weighted by molar-refractivity contribution is 7.14. The molecule has 1 amide bonds. The summed E-state index contributed by atoms with van der Waals surface area (Å²) in [6.45, 7) is 2.85. The average Bonchev–Trinajstić information content (AvgIpc) is 3.44. The van der Waals surface area contributed by atoms with Crippen molar-refractivity contribution in [2.75, 3.05) is 6.61 Å². The van der Waals surface area contributed by atoms with Crippen LogP contribution >= 0.6 is 11.3 Å². The van der Waals surface area contributed by atoms with E-state index in [-0.39, 0.29) is 46.3 Å². The van der Waals surface area contributed by atoms with Crippen LogP contribution in [0.1, 0.15) is 40.8 Å². The molecule has 0 bridgehead atoms. The van der Waals surface area contributed by atoms with E-state index < -0.39 is 34.9 Å². The summed E-state index contributed by atoms with van der Waals surface area (Å²) in [6, 6.07) is 3.25. The molecule has 8 nitrogen and oxygen atoms in total. The number of hydrogen-bond acceptors (Lipinski definition) is 7. The van der Waals surface area contributed by atoms with Crippen molar-refractivity contribution < 1.29 is 23.4 Å². The summed E-state index contributed by atoms with van der Waals surface area (Å²) in [7, 11) is 0. The van der Waals surface area contributed by atoms with E-state index in [2.05, 4.69) is 10.2 Å². The van der Waals surface area contributed by atoms with E-state index in [0.717, 1.165) is 36.3 Å². The van der Waals surface area contributed by atoms with E-state index in [1.54, 1.807) is 4.90 Å². The van der Waals surface area contributed by atoms with Crippen LogP contribution in [0.15, 0.2) is 29.2 Å². The van der Waals surface area contributed by atoms with Gasteiger partial charge >= 0.3 is 0 Å². The smallest absolute Gasteiger partial charge is 0.276 e. The molecule has 4 heterocycles. The summed E-state index contributed by atoms with van der Waals surface area (Å²) < 4.78 is 34.7. The van der Waals surface area contributed by atoms with Crippen molar-refractivity contribution in [3.8, 4) is 16.3 Å². The predicted molar refractivity (Wildman–Crippen MR) is 117 cm³/mol. The minimum atomic E-state index is -0.722. The molecule has 176 valence electrons. The van der Waals surface area contributed by atoms with Gasteiger partial charge in [-0.2, -0.15) is 0 Å². The number of fused-ring (bicyclic) bond motifs is 2. The van der Waals surface area contributed by atoms with Gasteiger partial charge < -0.3 is 19.3 Å². The maximum Gasteiger partial charge on any atom is 0.276 e. The summed E-state index contributed by atoms with van der Waals surface area (Å²) >= 11 is 1.07. The van der Waals surface area contributed by atoms with Gasteiger partial charge in [0.15, 0.2) is 22.7 Å². The fourth-order valence-electron chi connectivity index (χ4n) is 4.90. The second-order valence-electron chi connectivity index (χ2n) is 9.15. The Bertz CT molecular complexity index is 1400. The molecule has 2 aliphatic heterocycles. The lowest BCUT2D eigenvalue weighted by Crippen LogP contribution is -2.60. The van der Waals surface area contributed by atoms with Gasteiger partial charge in [-0.3, -0.25) is 9.59 Å². The van der Waals surface area contributed by atoms with Gasteiger partial charge in [0.05, 0.1) is 18.7 Å². The van der Waals surface area contributed by atoms with Gasteiger partial charge in [0.2, 0.25) is 5.43 Å². The van der Waals surface area contributed by atoms with Crippen LogP contribution in [0, 0.1) is 17.0 Å². The molecule has 0 unspecified atom stereocenters. The molecular formula is C23H20F2N4O4S. The Labute approximate surface area is 196 Å². The Balaban J connectivity index is 1.34. The molecule has 1 spiro atoms. The maximum absolute atomic E-state index is 14.0. The number of amides is 1. The molecule has 6 rings (SSSR count). The second-order valence-corrected chi connectivity index (χ2v) is 10.2. The Morgan fingerprint density at radius 3 is 2.79 bits per heavy atom. The standard InChI is InChI=1S/C23H20F2N4O4S/c1-11-23(4-5-23)10-33-17-9-28-8-14(19(30)20(31)18(28)22(32)29(11)17)21-27-26-16(34-21)6-12-2-3-13(24)7-15(12)25/h2-3,7-8,11,17,31H,4-6,9-10H2,1H3/t11-,17+/m1/s1. The highest BCUT2D eigenvalue weighted by atomic mass is 32.1. The monoisotopic (exact) mass is 486 g/mol. The molecule has 3 aliphatic rings. The first-order valence-electron chi connectivity index (χ1n) is 10.9. The van der Waals surface area contributed by atoms with Crippen LogP contribution in [0.5, 0.6) is 5.75 Å².